The van der Waals surface area contributed by atoms with Crippen LogP contribution in [0, 0.1) is 19.7 Å². The van der Waals surface area contributed by atoms with Crippen LogP contribution in [0.3, 0.4) is 0 Å². The smallest absolute Gasteiger partial charge is 0.329 e. The summed E-state index contributed by atoms with van der Waals surface area (Å²) >= 11 is 0. The minimum Gasteiger partial charge on any atom is -0.506 e. The zero-order valence-electron chi connectivity index (χ0n) is 26.8. The molecule has 7 rings (SSSR count). The molecule has 2 aromatic heterocycles. The molecule has 0 spiro atoms. The lowest BCUT2D eigenvalue weighted by Crippen LogP contribution is -2.44. The number of amides is 4. The molecule has 2 aliphatic heterocycles. The summed E-state index contributed by atoms with van der Waals surface area (Å²) < 4.78 is 46.6. The third-order valence-electron chi connectivity index (χ3n) is 9.00. The van der Waals surface area contributed by atoms with Gasteiger partial charge in [-0.3, -0.25) is 33.6 Å². The highest BCUT2D eigenvalue weighted by atomic mass is 32.2. The Balaban J connectivity index is 1.13. The van der Waals surface area contributed by atoms with E-state index in [9.17, 15) is 37.5 Å². The van der Waals surface area contributed by atoms with Crippen molar-refractivity contribution in [2.24, 2.45) is 7.05 Å². The third-order valence-corrected chi connectivity index (χ3v) is 10.4. The molecule has 0 saturated carbocycles. The Hall–Kier alpha value is -6.04. The van der Waals surface area contributed by atoms with Crippen molar-refractivity contribution < 1.29 is 37.1 Å². The van der Waals surface area contributed by atoms with E-state index in [-0.39, 0.29) is 41.6 Å². The first-order valence-electron chi connectivity index (χ1n) is 15.3. The molecule has 4 heterocycles. The number of hydrogen-bond acceptors (Lipinski definition) is 9. The molecule has 18 heteroatoms. The molecule has 258 valence electrons. The molecule has 3 aromatic carbocycles. The Morgan fingerprint density at radius 3 is 2.52 bits per heavy atom. The number of imidazole rings is 1. The van der Waals surface area contributed by atoms with Gasteiger partial charge in [0.2, 0.25) is 17.7 Å². The molecule has 16 nitrogen and oxygen atoms in total. The molecule has 2 fully saturated rings. The number of aryl methyl sites for hydroxylation is 2. The third kappa shape index (κ3) is 5.24. The van der Waals surface area contributed by atoms with Crippen molar-refractivity contribution in [1.29, 1.82) is 0 Å². The van der Waals surface area contributed by atoms with Gasteiger partial charge in [-0.25, -0.2) is 22.9 Å². The summed E-state index contributed by atoms with van der Waals surface area (Å²) in [6, 6.07) is 9.71. The van der Waals surface area contributed by atoms with E-state index in [0.29, 0.717) is 38.0 Å². The Kier molecular flexibility index (Phi) is 7.50. The van der Waals surface area contributed by atoms with Crippen molar-refractivity contribution in [2.45, 2.75) is 39.2 Å². The fourth-order valence-corrected chi connectivity index (χ4v) is 7.72. The lowest BCUT2D eigenvalue weighted by molar-refractivity contribution is -0.135. The molecule has 2 saturated heterocycles. The molecule has 2 aliphatic rings. The second-order valence-corrected chi connectivity index (χ2v) is 13.8. The van der Waals surface area contributed by atoms with Crippen LogP contribution in [0.4, 0.5) is 15.8 Å². The number of aromatic hydroxyl groups is 1. The first-order valence-corrected chi connectivity index (χ1v) is 16.8. The topological polar surface area (TPSA) is 207 Å². The SMILES string of the molecule is Cc1nn(-c2ccc3c(c2)n(C)c(=O)n3C2CCC(=O)NC2=O)c(C)c1CC(=O)Nc1ccc2c(F)c(N3CC(=O)NS3(=O)=O)c(O)cc2c1. The number of phenolic OH excluding ortho intramolecular Hbond substituents is 1. The molecule has 5 aromatic rings. The van der Waals surface area contributed by atoms with Crippen molar-refractivity contribution in [3.05, 3.63) is 75.7 Å². The van der Waals surface area contributed by atoms with E-state index in [1.54, 1.807) is 48.5 Å². The van der Waals surface area contributed by atoms with E-state index in [1.807, 2.05) is 0 Å². The van der Waals surface area contributed by atoms with Gasteiger partial charge in [-0.1, -0.05) is 0 Å². The minimum atomic E-state index is -4.37. The molecule has 4 N–H and O–H groups in total. The maximum absolute atomic E-state index is 15.5. The van der Waals surface area contributed by atoms with Crippen LogP contribution in [0.5, 0.6) is 5.75 Å². The number of carbonyl (C=O) groups is 4. The average Bonchev–Trinajstić information content (AvgIpc) is 3.58. The predicted octanol–water partition coefficient (Wildman–Crippen LogP) is 1.48. The number of carbonyl (C=O) groups excluding carboxylic acids is 4. The number of hydrogen-bond donors (Lipinski definition) is 4. The molecule has 1 atom stereocenters. The number of imide groups is 1. The van der Waals surface area contributed by atoms with Crippen LogP contribution in [0.2, 0.25) is 0 Å². The van der Waals surface area contributed by atoms with Gasteiger partial charge in [0, 0.05) is 35.8 Å². The number of anilines is 2. The minimum absolute atomic E-state index is 0.0415. The largest absolute Gasteiger partial charge is 0.506 e. The van der Waals surface area contributed by atoms with Gasteiger partial charge in [-0.15, -0.1) is 0 Å². The van der Waals surface area contributed by atoms with Crippen LogP contribution in [0.25, 0.3) is 27.5 Å². The van der Waals surface area contributed by atoms with Crippen molar-refractivity contribution >= 4 is 67.0 Å². The summed E-state index contributed by atoms with van der Waals surface area (Å²) in [5.41, 5.74) is 2.77. The number of nitrogens with zero attached hydrogens (tertiary/aromatic N) is 5. The van der Waals surface area contributed by atoms with Crippen LogP contribution in [0.15, 0.2) is 47.3 Å². The molecule has 4 amide bonds. The van der Waals surface area contributed by atoms with Crippen molar-refractivity contribution in [2.75, 3.05) is 16.2 Å². The van der Waals surface area contributed by atoms with Crippen LogP contribution in [0.1, 0.15) is 35.8 Å². The maximum atomic E-state index is 15.5. The monoisotopic (exact) mass is 704 g/mol. The molecule has 0 aliphatic carbocycles. The highest BCUT2D eigenvalue weighted by molar-refractivity contribution is 7.92. The Bertz CT molecular complexity index is 2520. The Labute approximate surface area is 282 Å². The van der Waals surface area contributed by atoms with Crippen molar-refractivity contribution in [1.82, 2.24) is 29.0 Å². The number of aromatic nitrogens is 4. The number of piperidine rings is 1. The Morgan fingerprint density at radius 1 is 1.06 bits per heavy atom. The van der Waals surface area contributed by atoms with Gasteiger partial charge in [-0.2, -0.15) is 13.5 Å². The predicted molar refractivity (Wildman–Crippen MR) is 178 cm³/mol. The van der Waals surface area contributed by atoms with Gasteiger partial charge in [0.25, 0.3) is 5.91 Å². The fourth-order valence-electron chi connectivity index (χ4n) is 6.56. The summed E-state index contributed by atoms with van der Waals surface area (Å²) in [6.45, 7) is 2.86. The summed E-state index contributed by atoms with van der Waals surface area (Å²) in [5.74, 6) is -3.95. The average molecular weight is 705 g/mol. The highest BCUT2D eigenvalue weighted by Crippen LogP contribution is 2.39. The lowest BCUT2D eigenvalue weighted by Gasteiger charge is -2.21. The van der Waals surface area contributed by atoms with Crippen molar-refractivity contribution in [3.63, 3.8) is 0 Å². The lowest BCUT2D eigenvalue weighted by atomic mass is 10.1. The molecule has 1 unspecified atom stereocenters. The first kappa shape index (κ1) is 32.5. The number of fused-ring (bicyclic) bond motifs is 2. The number of nitrogens with one attached hydrogen (secondary N) is 3. The Morgan fingerprint density at radius 2 is 1.82 bits per heavy atom. The number of rotatable bonds is 6. The molecule has 0 radical (unpaired) electrons. The van der Waals surface area contributed by atoms with E-state index < -0.39 is 63.5 Å². The number of benzene rings is 3. The zero-order chi connectivity index (χ0) is 35.8. The molecule has 50 heavy (non-hydrogen) atoms. The van der Waals surface area contributed by atoms with Gasteiger partial charge in [0.15, 0.2) is 5.82 Å². The molecular weight excluding hydrogens is 675 g/mol. The van der Waals surface area contributed by atoms with E-state index in [2.05, 4.69) is 15.7 Å². The van der Waals surface area contributed by atoms with Gasteiger partial charge in [0.1, 0.15) is 24.0 Å². The second kappa shape index (κ2) is 11.5. The van der Waals surface area contributed by atoms with Crippen molar-refractivity contribution in [3.8, 4) is 11.4 Å². The summed E-state index contributed by atoms with van der Waals surface area (Å²) in [4.78, 5) is 62.3. The van der Waals surface area contributed by atoms with Gasteiger partial charge in [0.05, 0.1) is 28.8 Å². The van der Waals surface area contributed by atoms with Gasteiger partial charge in [-0.05, 0) is 68.1 Å². The van der Waals surface area contributed by atoms with E-state index in [1.165, 1.54) is 27.3 Å². The first-order chi connectivity index (χ1) is 23.6. The number of phenols is 1. The van der Waals surface area contributed by atoms with Crippen LogP contribution < -0.4 is 25.4 Å². The summed E-state index contributed by atoms with van der Waals surface area (Å²) in [6.07, 6.45) is 0.257. The van der Waals surface area contributed by atoms with E-state index >= 15 is 4.39 Å². The van der Waals surface area contributed by atoms with E-state index in [4.69, 9.17) is 0 Å². The maximum Gasteiger partial charge on any atom is 0.329 e. The van der Waals surface area contributed by atoms with Gasteiger partial charge >= 0.3 is 15.9 Å². The molecular formula is C32H29FN8O8S. The standard InChI is InChI=1S/C32H29FN8O8S/c1-15-21(13-27(44)34-18-4-6-20-17(10-18)11-25(42)30(29(20)33)39-14-28(45)37-50(39,48)49)16(2)41(36-15)19-5-7-22-24(12-19)38(3)32(47)40(22)23-8-9-26(43)35-31(23)46/h4-7,10-12,23,42H,8-9,13-14H2,1-3H3,(H,34,44)(H,37,45)(H,35,43,46). The summed E-state index contributed by atoms with van der Waals surface area (Å²) in [7, 11) is -2.78. The normalized spacial score (nSPS) is 17.4. The van der Waals surface area contributed by atoms with Gasteiger partial charge < -0.3 is 10.4 Å². The number of halogens is 1. The zero-order valence-corrected chi connectivity index (χ0v) is 27.6. The second-order valence-electron chi connectivity index (χ2n) is 12.2. The van der Waals surface area contributed by atoms with Crippen LogP contribution >= 0.6 is 0 Å². The molecule has 0 bridgehead atoms. The van der Waals surface area contributed by atoms with Crippen LogP contribution in [-0.2, 0) is 42.9 Å². The quantitative estimate of drug-likeness (QED) is 0.189. The van der Waals surface area contributed by atoms with E-state index in [0.717, 1.165) is 6.07 Å². The fraction of sp³-hybridized carbons (Fsp3) is 0.250. The highest BCUT2D eigenvalue weighted by Gasteiger charge is 2.38. The summed E-state index contributed by atoms with van der Waals surface area (Å²) in [5, 5.41) is 20.3. The van der Waals surface area contributed by atoms with Crippen LogP contribution in [-0.4, -0.2) is 62.6 Å².